The Morgan fingerprint density at radius 2 is 2.50 bits per heavy atom. The number of rotatable bonds is 1. The second-order valence-electron chi connectivity index (χ2n) is 1.85. The lowest BCUT2D eigenvalue weighted by Crippen LogP contribution is -2.20. The van der Waals surface area contributed by atoms with Crippen LogP contribution in [-0.4, -0.2) is 16.8 Å². The third-order valence-corrected chi connectivity index (χ3v) is 2.30. The molecule has 1 unspecified atom stereocenters. The van der Waals surface area contributed by atoms with Crippen LogP contribution in [0.15, 0.2) is 11.6 Å². The molecule has 1 heterocycles. The summed E-state index contributed by atoms with van der Waals surface area (Å²) in [6, 6.07) is 0. The summed E-state index contributed by atoms with van der Waals surface area (Å²) in [5, 5.41) is 2.81. The molecule has 46 valence electrons. The standard InChI is InChI=1S/C6H11NS/c1-3-7-4-5-8-6(7)2/h4-6H,3H2,1-2H3. The average Bonchev–Trinajstić information content (AvgIpc) is 2.14. The number of hydrogen-bond donors (Lipinski definition) is 0. The molecule has 0 spiro atoms. The fraction of sp³-hybridized carbons (Fsp3) is 0.667. The fourth-order valence-electron chi connectivity index (χ4n) is 0.789. The predicted molar refractivity (Wildman–Crippen MR) is 38.6 cm³/mol. The van der Waals surface area contributed by atoms with E-state index in [0.29, 0.717) is 5.37 Å². The van der Waals surface area contributed by atoms with Crippen molar-refractivity contribution >= 4 is 11.8 Å². The molecule has 0 amide bonds. The fourth-order valence-corrected chi connectivity index (χ4v) is 1.62. The highest BCUT2D eigenvalue weighted by atomic mass is 32.2. The van der Waals surface area contributed by atoms with Gasteiger partial charge in [-0.3, -0.25) is 0 Å². The van der Waals surface area contributed by atoms with E-state index in [9.17, 15) is 0 Å². The molecule has 1 atom stereocenters. The first kappa shape index (κ1) is 6.02. The highest BCUT2D eigenvalue weighted by Crippen LogP contribution is 2.23. The lowest BCUT2D eigenvalue weighted by Gasteiger charge is -2.17. The van der Waals surface area contributed by atoms with E-state index in [1.165, 1.54) is 0 Å². The van der Waals surface area contributed by atoms with Crippen LogP contribution in [0.25, 0.3) is 0 Å². The van der Waals surface area contributed by atoms with E-state index in [2.05, 4.69) is 30.4 Å². The molecule has 0 aromatic carbocycles. The molecule has 1 aliphatic rings. The van der Waals surface area contributed by atoms with Crippen LogP contribution in [0, 0.1) is 0 Å². The topological polar surface area (TPSA) is 3.24 Å². The highest BCUT2D eigenvalue weighted by molar-refractivity contribution is 8.02. The lowest BCUT2D eigenvalue weighted by molar-refractivity contribution is 0.398. The largest absolute Gasteiger partial charge is 0.365 e. The molecule has 1 nitrogen and oxygen atoms in total. The molecule has 0 aliphatic carbocycles. The molecule has 0 radical (unpaired) electrons. The molecule has 0 saturated heterocycles. The van der Waals surface area contributed by atoms with Crippen LogP contribution in [0.4, 0.5) is 0 Å². The SMILES string of the molecule is CCN1C=CSC1C. The Kier molecular flexibility index (Phi) is 1.84. The number of thioether (sulfide) groups is 1. The van der Waals surface area contributed by atoms with E-state index >= 15 is 0 Å². The Morgan fingerprint density at radius 1 is 1.75 bits per heavy atom. The van der Waals surface area contributed by atoms with Crippen molar-refractivity contribution in [3.63, 3.8) is 0 Å². The van der Waals surface area contributed by atoms with Crippen molar-refractivity contribution in [1.29, 1.82) is 0 Å². The minimum atomic E-state index is 0.667. The zero-order valence-corrected chi connectivity index (χ0v) is 6.11. The lowest BCUT2D eigenvalue weighted by atomic mass is 10.5. The van der Waals surface area contributed by atoms with Gasteiger partial charge in [-0.25, -0.2) is 0 Å². The van der Waals surface area contributed by atoms with Gasteiger partial charge in [-0.15, -0.1) is 11.8 Å². The Hall–Kier alpha value is -0.110. The number of nitrogens with zero attached hydrogens (tertiary/aromatic N) is 1. The van der Waals surface area contributed by atoms with Crippen molar-refractivity contribution in [1.82, 2.24) is 4.90 Å². The van der Waals surface area contributed by atoms with Gasteiger partial charge in [0.15, 0.2) is 0 Å². The van der Waals surface area contributed by atoms with Crippen molar-refractivity contribution in [3.05, 3.63) is 11.6 Å². The van der Waals surface area contributed by atoms with Gasteiger partial charge in [0.2, 0.25) is 0 Å². The quantitative estimate of drug-likeness (QED) is 0.531. The molecule has 0 aromatic rings. The second-order valence-corrected chi connectivity index (χ2v) is 3.08. The average molecular weight is 129 g/mol. The highest BCUT2D eigenvalue weighted by Gasteiger charge is 2.10. The Balaban J connectivity index is 2.41. The summed E-state index contributed by atoms with van der Waals surface area (Å²) in [7, 11) is 0. The first-order chi connectivity index (χ1) is 3.84. The van der Waals surface area contributed by atoms with Gasteiger partial charge in [0, 0.05) is 12.7 Å². The maximum Gasteiger partial charge on any atom is 0.0757 e. The minimum absolute atomic E-state index is 0.667. The summed E-state index contributed by atoms with van der Waals surface area (Å²) in [6.07, 6.45) is 2.15. The third kappa shape index (κ3) is 0.996. The van der Waals surface area contributed by atoms with Crippen LogP contribution >= 0.6 is 11.8 Å². The van der Waals surface area contributed by atoms with Crippen LogP contribution in [0.3, 0.4) is 0 Å². The van der Waals surface area contributed by atoms with E-state index < -0.39 is 0 Å². The van der Waals surface area contributed by atoms with Crippen molar-refractivity contribution in [2.75, 3.05) is 6.54 Å². The molecule has 8 heavy (non-hydrogen) atoms. The Morgan fingerprint density at radius 3 is 2.75 bits per heavy atom. The van der Waals surface area contributed by atoms with Gasteiger partial charge in [-0.05, 0) is 19.3 Å². The minimum Gasteiger partial charge on any atom is -0.365 e. The zero-order valence-electron chi connectivity index (χ0n) is 5.29. The molecule has 2 heteroatoms. The molecule has 0 bridgehead atoms. The molecule has 0 aromatic heterocycles. The van der Waals surface area contributed by atoms with Crippen molar-refractivity contribution in [3.8, 4) is 0 Å². The first-order valence-corrected chi connectivity index (χ1v) is 3.86. The van der Waals surface area contributed by atoms with E-state index in [-0.39, 0.29) is 0 Å². The Labute approximate surface area is 54.8 Å². The van der Waals surface area contributed by atoms with E-state index in [0.717, 1.165) is 6.54 Å². The van der Waals surface area contributed by atoms with Gasteiger partial charge in [0.25, 0.3) is 0 Å². The van der Waals surface area contributed by atoms with Gasteiger partial charge in [0.05, 0.1) is 5.37 Å². The van der Waals surface area contributed by atoms with Crippen molar-refractivity contribution in [2.45, 2.75) is 19.2 Å². The second kappa shape index (κ2) is 2.44. The molecule has 0 saturated carbocycles. The molecule has 1 rings (SSSR count). The summed E-state index contributed by atoms with van der Waals surface area (Å²) in [5.41, 5.74) is 0. The van der Waals surface area contributed by atoms with Crippen molar-refractivity contribution < 1.29 is 0 Å². The van der Waals surface area contributed by atoms with Crippen LogP contribution in [0.1, 0.15) is 13.8 Å². The molecule has 0 N–H and O–H groups in total. The monoisotopic (exact) mass is 129 g/mol. The maximum atomic E-state index is 2.31. The maximum absolute atomic E-state index is 2.31. The Bertz CT molecular complexity index is 101. The molecular weight excluding hydrogens is 118 g/mol. The smallest absolute Gasteiger partial charge is 0.0757 e. The van der Waals surface area contributed by atoms with E-state index in [4.69, 9.17) is 0 Å². The zero-order chi connectivity index (χ0) is 5.98. The van der Waals surface area contributed by atoms with Gasteiger partial charge in [0.1, 0.15) is 0 Å². The van der Waals surface area contributed by atoms with Crippen LogP contribution in [0.5, 0.6) is 0 Å². The summed E-state index contributed by atoms with van der Waals surface area (Å²) < 4.78 is 0. The van der Waals surface area contributed by atoms with Gasteiger partial charge in [-0.1, -0.05) is 0 Å². The van der Waals surface area contributed by atoms with Gasteiger partial charge < -0.3 is 4.90 Å². The summed E-state index contributed by atoms with van der Waals surface area (Å²) in [4.78, 5) is 2.31. The van der Waals surface area contributed by atoms with Gasteiger partial charge in [-0.2, -0.15) is 0 Å². The molecular formula is C6H11NS. The van der Waals surface area contributed by atoms with E-state index in [1.807, 2.05) is 11.8 Å². The number of hydrogen-bond acceptors (Lipinski definition) is 2. The summed E-state index contributed by atoms with van der Waals surface area (Å²) >= 11 is 1.88. The molecule has 1 aliphatic heterocycles. The van der Waals surface area contributed by atoms with Crippen LogP contribution < -0.4 is 0 Å². The van der Waals surface area contributed by atoms with Crippen LogP contribution in [-0.2, 0) is 0 Å². The predicted octanol–water partition coefficient (Wildman–Crippen LogP) is 1.87. The summed E-state index contributed by atoms with van der Waals surface area (Å²) in [6.45, 7) is 5.52. The third-order valence-electron chi connectivity index (χ3n) is 1.36. The molecule has 0 fully saturated rings. The summed E-state index contributed by atoms with van der Waals surface area (Å²) in [5.74, 6) is 0. The first-order valence-electron chi connectivity index (χ1n) is 2.92. The van der Waals surface area contributed by atoms with E-state index in [1.54, 1.807) is 0 Å². The normalized spacial score (nSPS) is 27.2. The van der Waals surface area contributed by atoms with Gasteiger partial charge >= 0.3 is 0 Å². The van der Waals surface area contributed by atoms with Crippen LogP contribution in [0.2, 0.25) is 0 Å². The van der Waals surface area contributed by atoms with Crippen molar-refractivity contribution in [2.24, 2.45) is 0 Å².